The fraction of sp³-hybridized carbons (Fsp3) is 0.938. The van der Waals surface area contributed by atoms with E-state index in [4.69, 9.17) is 5.73 Å². The minimum atomic E-state index is -0.608. The number of nitrogens with two attached hydrogens (primary N) is 1. The van der Waals surface area contributed by atoms with E-state index in [2.05, 4.69) is 17.1 Å². The van der Waals surface area contributed by atoms with Gasteiger partial charge in [-0.05, 0) is 57.7 Å². The molecule has 1 saturated heterocycles. The van der Waals surface area contributed by atoms with Crippen LogP contribution in [0.25, 0.3) is 0 Å². The molecular weight excluding hydrogens is 250 g/mol. The van der Waals surface area contributed by atoms with E-state index in [0.717, 1.165) is 38.8 Å². The highest BCUT2D eigenvalue weighted by atomic mass is 16.2. The highest BCUT2D eigenvalue weighted by Gasteiger charge is 2.37. The average molecular weight is 281 g/mol. The molecule has 3 N–H and O–H groups in total. The standard InChI is InChI=1S/C16H31N3O/c1-14-7-5-8-16(17,13-14)15(20)18-9-6-12-19-10-3-2-4-11-19/h14H,2-13,17H2,1H3,(H,18,20). The maximum Gasteiger partial charge on any atom is 0.240 e. The summed E-state index contributed by atoms with van der Waals surface area (Å²) >= 11 is 0. The molecule has 0 aromatic heterocycles. The van der Waals surface area contributed by atoms with Gasteiger partial charge in [0, 0.05) is 6.54 Å². The van der Waals surface area contributed by atoms with Crippen molar-refractivity contribution < 1.29 is 4.79 Å². The number of rotatable bonds is 5. The Morgan fingerprint density at radius 2 is 2.05 bits per heavy atom. The minimum absolute atomic E-state index is 0.0719. The molecule has 2 unspecified atom stereocenters. The third-order valence-electron chi connectivity index (χ3n) is 4.87. The van der Waals surface area contributed by atoms with Crippen LogP contribution in [0.1, 0.15) is 58.3 Å². The van der Waals surface area contributed by atoms with Crippen molar-refractivity contribution >= 4 is 5.91 Å². The smallest absolute Gasteiger partial charge is 0.240 e. The Kier molecular flexibility index (Phi) is 5.85. The maximum absolute atomic E-state index is 12.3. The summed E-state index contributed by atoms with van der Waals surface area (Å²) < 4.78 is 0. The van der Waals surface area contributed by atoms with Gasteiger partial charge in [0.25, 0.3) is 0 Å². The van der Waals surface area contributed by atoms with Gasteiger partial charge in [0.2, 0.25) is 5.91 Å². The predicted octanol–water partition coefficient (Wildman–Crippen LogP) is 1.89. The molecule has 116 valence electrons. The van der Waals surface area contributed by atoms with Crippen LogP contribution >= 0.6 is 0 Å². The van der Waals surface area contributed by atoms with Crippen LogP contribution in [0.3, 0.4) is 0 Å². The van der Waals surface area contributed by atoms with Crippen LogP contribution in [-0.4, -0.2) is 42.5 Å². The van der Waals surface area contributed by atoms with Gasteiger partial charge >= 0.3 is 0 Å². The first kappa shape index (κ1) is 15.8. The molecule has 0 aromatic carbocycles. The summed E-state index contributed by atoms with van der Waals surface area (Å²) in [7, 11) is 0. The lowest BCUT2D eigenvalue weighted by atomic mass is 9.76. The van der Waals surface area contributed by atoms with Gasteiger partial charge < -0.3 is 16.0 Å². The summed E-state index contributed by atoms with van der Waals surface area (Å²) in [6.45, 7) is 6.53. The van der Waals surface area contributed by atoms with E-state index in [-0.39, 0.29) is 5.91 Å². The third kappa shape index (κ3) is 4.45. The summed E-state index contributed by atoms with van der Waals surface area (Å²) in [5, 5.41) is 3.06. The van der Waals surface area contributed by atoms with Gasteiger partial charge in [-0.25, -0.2) is 0 Å². The number of carbonyl (C=O) groups excluding carboxylic acids is 1. The number of amides is 1. The topological polar surface area (TPSA) is 58.4 Å². The predicted molar refractivity (Wildman–Crippen MR) is 82.5 cm³/mol. The number of piperidine rings is 1. The van der Waals surface area contributed by atoms with Crippen molar-refractivity contribution in [3.63, 3.8) is 0 Å². The Balaban J connectivity index is 1.64. The molecular formula is C16H31N3O. The molecule has 2 rings (SSSR count). The van der Waals surface area contributed by atoms with Crippen LogP contribution in [0.15, 0.2) is 0 Å². The van der Waals surface area contributed by atoms with Gasteiger partial charge in [-0.3, -0.25) is 4.79 Å². The van der Waals surface area contributed by atoms with Crippen LogP contribution in [0.2, 0.25) is 0 Å². The summed E-state index contributed by atoms with van der Waals surface area (Å²) in [6.07, 6.45) is 9.05. The molecule has 0 aromatic rings. The monoisotopic (exact) mass is 281 g/mol. The highest BCUT2D eigenvalue weighted by molar-refractivity contribution is 5.86. The zero-order valence-electron chi connectivity index (χ0n) is 13.0. The van der Waals surface area contributed by atoms with Crippen molar-refractivity contribution in [2.24, 2.45) is 11.7 Å². The van der Waals surface area contributed by atoms with Crippen LogP contribution < -0.4 is 11.1 Å². The van der Waals surface area contributed by atoms with Crippen molar-refractivity contribution in [3.8, 4) is 0 Å². The lowest BCUT2D eigenvalue weighted by molar-refractivity contribution is -0.128. The maximum atomic E-state index is 12.3. The molecule has 0 radical (unpaired) electrons. The number of hydrogen-bond acceptors (Lipinski definition) is 3. The van der Waals surface area contributed by atoms with Gasteiger partial charge in [0.15, 0.2) is 0 Å². The van der Waals surface area contributed by atoms with Crippen LogP contribution in [0.4, 0.5) is 0 Å². The second-order valence-electron chi connectivity index (χ2n) is 6.87. The van der Waals surface area contributed by atoms with Crippen LogP contribution in [-0.2, 0) is 4.79 Å². The molecule has 1 heterocycles. The van der Waals surface area contributed by atoms with Crippen molar-refractivity contribution in [2.75, 3.05) is 26.2 Å². The molecule has 1 aliphatic heterocycles. The van der Waals surface area contributed by atoms with E-state index in [1.54, 1.807) is 0 Å². The number of hydrogen-bond donors (Lipinski definition) is 2. The van der Waals surface area contributed by atoms with Gasteiger partial charge in [0.05, 0.1) is 5.54 Å². The molecule has 2 atom stereocenters. The quantitative estimate of drug-likeness (QED) is 0.757. The number of likely N-dealkylation sites (tertiary alicyclic amines) is 1. The van der Waals surface area contributed by atoms with Crippen molar-refractivity contribution in [1.29, 1.82) is 0 Å². The molecule has 1 amide bonds. The first-order chi connectivity index (χ1) is 9.60. The molecule has 4 heteroatoms. The first-order valence-corrected chi connectivity index (χ1v) is 8.40. The van der Waals surface area contributed by atoms with E-state index >= 15 is 0 Å². The highest BCUT2D eigenvalue weighted by Crippen LogP contribution is 2.30. The van der Waals surface area contributed by atoms with E-state index < -0.39 is 5.54 Å². The van der Waals surface area contributed by atoms with Gasteiger partial charge in [-0.2, -0.15) is 0 Å². The van der Waals surface area contributed by atoms with Crippen LogP contribution in [0.5, 0.6) is 0 Å². The molecule has 1 saturated carbocycles. The Morgan fingerprint density at radius 3 is 2.75 bits per heavy atom. The Hall–Kier alpha value is -0.610. The zero-order valence-corrected chi connectivity index (χ0v) is 13.0. The number of carbonyl (C=O) groups is 1. The average Bonchev–Trinajstić information content (AvgIpc) is 2.44. The fourth-order valence-electron chi connectivity index (χ4n) is 3.66. The van der Waals surface area contributed by atoms with Crippen molar-refractivity contribution in [3.05, 3.63) is 0 Å². The largest absolute Gasteiger partial charge is 0.354 e. The lowest BCUT2D eigenvalue weighted by Crippen LogP contribution is -2.56. The molecule has 0 spiro atoms. The summed E-state index contributed by atoms with van der Waals surface area (Å²) in [4.78, 5) is 14.8. The number of nitrogens with one attached hydrogen (secondary N) is 1. The second-order valence-corrected chi connectivity index (χ2v) is 6.87. The molecule has 2 fully saturated rings. The van der Waals surface area contributed by atoms with Gasteiger partial charge in [-0.1, -0.05) is 26.2 Å². The van der Waals surface area contributed by atoms with E-state index in [0.29, 0.717) is 5.92 Å². The molecule has 20 heavy (non-hydrogen) atoms. The normalized spacial score (nSPS) is 32.0. The summed E-state index contributed by atoms with van der Waals surface area (Å²) in [6, 6.07) is 0. The first-order valence-electron chi connectivity index (χ1n) is 8.40. The van der Waals surface area contributed by atoms with Crippen LogP contribution in [0, 0.1) is 5.92 Å². The Bertz CT molecular complexity index is 315. The summed E-state index contributed by atoms with van der Waals surface area (Å²) in [5.74, 6) is 0.649. The third-order valence-corrected chi connectivity index (χ3v) is 4.87. The van der Waals surface area contributed by atoms with Gasteiger partial charge in [-0.15, -0.1) is 0 Å². The SMILES string of the molecule is CC1CCCC(N)(C(=O)NCCCN2CCCCC2)C1. The number of nitrogens with zero attached hydrogens (tertiary/aromatic N) is 1. The van der Waals surface area contributed by atoms with E-state index in [1.807, 2.05) is 0 Å². The zero-order chi connectivity index (χ0) is 14.4. The van der Waals surface area contributed by atoms with E-state index in [1.165, 1.54) is 38.8 Å². The lowest BCUT2D eigenvalue weighted by Gasteiger charge is -2.35. The fourth-order valence-corrected chi connectivity index (χ4v) is 3.66. The minimum Gasteiger partial charge on any atom is -0.354 e. The molecule has 1 aliphatic carbocycles. The van der Waals surface area contributed by atoms with E-state index in [9.17, 15) is 4.79 Å². The Morgan fingerprint density at radius 1 is 1.30 bits per heavy atom. The Labute approximate surface area is 123 Å². The molecule has 0 bridgehead atoms. The molecule has 2 aliphatic rings. The summed E-state index contributed by atoms with van der Waals surface area (Å²) in [5.41, 5.74) is 5.69. The van der Waals surface area contributed by atoms with Gasteiger partial charge in [0.1, 0.15) is 0 Å². The second kappa shape index (κ2) is 7.41. The molecule has 4 nitrogen and oxygen atoms in total. The van der Waals surface area contributed by atoms with Crippen molar-refractivity contribution in [1.82, 2.24) is 10.2 Å². The van der Waals surface area contributed by atoms with Crippen molar-refractivity contribution in [2.45, 2.75) is 63.8 Å².